The zero-order valence-corrected chi connectivity index (χ0v) is 18.8. The van der Waals surface area contributed by atoms with Crippen LogP contribution in [0.3, 0.4) is 0 Å². The molecular formula is C21H25ClN4O5S. The fourth-order valence-corrected chi connectivity index (χ4v) is 4.66. The number of anilines is 1. The highest BCUT2D eigenvalue weighted by Gasteiger charge is 2.23. The van der Waals surface area contributed by atoms with Gasteiger partial charge in [-0.2, -0.15) is 0 Å². The molecule has 1 saturated carbocycles. The molecule has 1 aliphatic carbocycles. The molecule has 1 aliphatic rings. The number of thiophene rings is 1. The first-order valence-electron chi connectivity index (χ1n) is 10.1. The average molecular weight is 481 g/mol. The van der Waals surface area contributed by atoms with Crippen LogP contribution in [-0.2, 0) is 9.53 Å². The monoisotopic (exact) mass is 480 g/mol. The van der Waals surface area contributed by atoms with Crippen molar-refractivity contribution in [3.05, 3.63) is 34.9 Å². The summed E-state index contributed by atoms with van der Waals surface area (Å²) < 4.78 is 11.1. The smallest absolute Gasteiger partial charge is 0.323 e. The Morgan fingerprint density at radius 2 is 1.91 bits per heavy atom. The maximum atomic E-state index is 12.1. The Labute approximate surface area is 194 Å². The lowest BCUT2D eigenvalue weighted by atomic mass is 10.1. The van der Waals surface area contributed by atoms with Gasteiger partial charge >= 0.3 is 12.0 Å². The molecule has 7 N–H and O–H groups in total. The lowest BCUT2D eigenvalue weighted by Gasteiger charge is -2.16. The Bertz CT molecular complexity index is 1010. The highest BCUT2D eigenvalue weighted by Crippen LogP contribution is 2.38. The first-order chi connectivity index (χ1) is 15.2. The minimum atomic E-state index is -0.798. The number of hydrogen-bond acceptors (Lipinski definition) is 7. The van der Waals surface area contributed by atoms with Crippen molar-refractivity contribution >= 4 is 45.8 Å². The quantitative estimate of drug-likeness (QED) is 0.403. The maximum absolute atomic E-state index is 12.1. The number of urea groups is 1. The van der Waals surface area contributed by atoms with E-state index in [1.807, 2.05) is 0 Å². The molecule has 0 unspecified atom stereocenters. The van der Waals surface area contributed by atoms with E-state index in [2.05, 4.69) is 5.32 Å². The predicted octanol–water partition coefficient (Wildman–Crippen LogP) is 3.24. The molecule has 0 radical (unpaired) electrons. The van der Waals surface area contributed by atoms with E-state index in [-0.39, 0.29) is 23.3 Å². The fraction of sp³-hybridized carbons (Fsp3) is 0.381. The van der Waals surface area contributed by atoms with Gasteiger partial charge in [0.05, 0.1) is 17.2 Å². The van der Waals surface area contributed by atoms with Gasteiger partial charge in [0.2, 0.25) is 0 Å². The van der Waals surface area contributed by atoms with Gasteiger partial charge in [0, 0.05) is 11.3 Å². The third kappa shape index (κ3) is 6.12. The van der Waals surface area contributed by atoms with Crippen molar-refractivity contribution in [1.29, 1.82) is 0 Å². The second-order valence-corrected chi connectivity index (χ2v) is 8.90. The third-order valence-corrected chi connectivity index (χ3v) is 6.42. The number of hydrogen-bond donors (Lipinski definition) is 4. The van der Waals surface area contributed by atoms with Gasteiger partial charge in [0.1, 0.15) is 22.9 Å². The zero-order chi connectivity index (χ0) is 23.3. The van der Waals surface area contributed by atoms with Gasteiger partial charge in [0.15, 0.2) is 0 Å². The van der Waals surface area contributed by atoms with Crippen LogP contribution in [0, 0.1) is 0 Å². The zero-order valence-electron chi connectivity index (χ0n) is 17.3. The number of ether oxygens (including phenoxy) is 2. The lowest BCUT2D eigenvalue weighted by molar-refractivity contribution is -0.150. The van der Waals surface area contributed by atoms with Gasteiger partial charge in [-0.25, -0.2) is 4.79 Å². The second kappa shape index (κ2) is 10.7. The summed E-state index contributed by atoms with van der Waals surface area (Å²) in [6.45, 7) is 0.192. The second-order valence-electron chi connectivity index (χ2n) is 7.44. The molecule has 0 bridgehead atoms. The number of benzene rings is 1. The lowest BCUT2D eigenvalue weighted by Crippen LogP contribution is -2.35. The molecule has 1 atom stereocenters. The van der Waals surface area contributed by atoms with E-state index < -0.39 is 23.9 Å². The van der Waals surface area contributed by atoms with Crippen molar-refractivity contribution in [2.75, 3.05) is 11.9 Å². The van der Waals surface area contributed by atoms with Crippen molar-refractivity contribution in [3.8, 4) is 16.2 Å². The fourth-order valence-electron chi connectivity index (χ4n) is 3.36. The number of nitrogens with one attached hydrogen (secondary N) is 1. The van der Waals surface area contributed by atoms with Crippen molar-refractivity contribution in [3.63, 3.8) is 0 Å². The number of primary amides is 2. The van der Waals surface area contributed by atoms with Crippen LogP contribution in [0.4, 0.5) is 9.80 Å². The molecule has 1 aromatic carbocycles. The summed E-state index contributed by atoms with van der Waals surface area (Å²) in [4.78, 5) is 35.5. The van der Waals surface area contributed by atoms with E-state index in [0.29, 0.717) is 27.6 Å². The summed E-state index contributed by atoms with van der Waals surface area (Å²) in [7, 11) is 0. The molecule has 1 heterocycles. The van der Waals surface area contributed by atoms with Crippen LogP contribution >= 0.6 is 22.9 Å². The molecular weight excluding hydrogens is 456 g/mol. The molecule has 3 amide bonds. The van der Waals surface area contributed by atoms with E-state index >= 15 is 0 Å². The molecule has 32 heavy (non-hydrogen) atoms. The van der Waals surface area contributed by atoms with Gasteiger partial charge in [-0.3, -0.25) is 14.9 Å². The molecule has 2 aromatic rings. The Morgan fingerprint density at radius 1 is 1.19 bits per heavy atom. The number of carbonyl (C=O) groups excluding carboxylic acids is 3. The van der Waals surface area contributed by atoms with Crippen molar-refractivity contribution < 1.29 is 23.9 Å². The van der Waals surface area contributed by atoms with Gasteiger partial charge in [-0.1, -0.05) is 11.6 Å². The Kier molecular flexibility index (Phi) is 7.94. The molecule has 3 rings (SSSR count). The first kappa shape index (κ1) is 23.8. The molecule has 172 valence electrons. The summed E-state index contributed by atoms with van der Waals surface area (Å²) in [5, 5.41) is 2.99. The van der Waals surface area contributed by atoms with E-state index in [1.165, 1.54) is 0 Å². The van der Waals surface area contributed by atoms with Crippen LogP contribution in [0.2, 0.25) is 5.02 Å². The SMILES string of the molecule is NC(=O)Nc1sc(-c2ccc(OCC[C@H](N)C(=O)OC3CCCC3)c(Cl)c2)cc1C(N)=O. The van der Waals surface area contributed by atoms with Crippen molar-refractivity contribution in [2.24, 2.45) is 17.2 Å². The molecule has 1 aromatic heterocycles. The van der Waals surface area contributed by atoms with Crippen molar-refractivity contribution in [2.45, 2.75) is 44.2 Å². The van der Waals surface area contributed by atoms with Gasteiger partial charge in [0.25, 0.3) is 5.91 Å². The highest BCUT2D eigenvalue weighted by molar-refractivity contribution is 7.20. The summed E-state index contributed by atoms with van der Waals surface area (Å²) in [6.07, 6.45) is 4.19. The molecule has 9 nitrogen and oxygen atoms in total. The van der Waals surface area contributed by atoms with E-state index in [9.17, 15) is 14.4 Å². The molecule has 0 aliphatic heterocycles. The van der Waals surface area contributed by atoms with Gasteiger partial charge < -0.3 is 26.7 Å². The highest BCUT2D eigenvalue weighted by atomic mass is 35.5. The molecule has 0 saturated heterocycles. The minimum absolute atomic E-state index is 0.0255. The number of rotatable bonds is 9. The van der Waals surface area contributed by atoms with Crippen molar-refractivity contribution in [1.82, 2.24) is 0 Å². The van der Waals surface area contributed by atoms with E-state index in [1.54, 1.807) is 24.3 Å². The van der Waals surface area contributed by atoms with Crippen LogP contribution in [0.25, 0.3) is 10.4 Å². The average Bonchev–Trinajstić information content (AvgIpc) is 3.38. The predicted molar refractivity (Wildman–Crippen MR) is 123 cm³/mol. The largest absolute Gasteiger partial charge is 0.492 e. The summed E-state index contributed by atoms with van der Waals surface area (Å²) >= 11 is 7.48. The van der Waals surface area contributed by atoms with Gasteiger partial charge in [-0.05, 0) is 55.5 Å². The molecule has 0 spiro atoms. The van der Waals surface area contributed by atoms with Crippen LogP contribution in [0.15, 0.2) is 24.3 Å². The number of nitrogens with two attached hydrogens (primary N) is 3. The number of amides is 3. The number of halogens is 1. The van der Waals surface area contributed by atoms with E-state index in [4.69, 9.17) is 38.3 Å². The topological polar surface area (TPSA) is 160 Å². The summed E-state index contributed by atoms with van der Waals surface area (Å²) in [5.41, 5.74) is 17.3. The number of esters is 1. The Morgan fingerprint density at radius 3 is 2.53 bits per heavy atom. The normalized spacial score (nSPS) is 14.7. The Balaban J connectivity index is 1.60. The van der Waals surface area contributed by atoms with Gasteiger partial charge in [-0.15, -0.1) is 11.3 Å². The van der Waals surface area contributed by atoms with Crippen LogP contribution in [-0.4, -0.2) is 36.7 Å². The van der Waals surface area contributed by atoms with Crippen LogP contribution < -0.4 is 27.3 Å². The Hall–Kier alpha value is -2.82. The third-order valence-electron chi connectivity index (χ3n) is 5.02. The van der Waals surface area contributed by atoms with E-state index in [0.717, 1.165) is 37.0 Å². The summed E-state index contributed by atoms with van der Waals surface area (Å²) in [5.74, 6) is -0.677. The maximum Gasteiger partial charge on any atom is 0.323 e. The standard InChI is InChI=1S/C21H25ClN4O5S/c22-14-9-11(17-10-13(18(24)27)19(32-17)26-21(25)29)5-6-16(14)30-8-7-15(23)20(28)31-12-3-1-2-4-12/h5-6,9-10,12,15H,1-4,7-8,23H2,(H2,24,27)(H3,25,26,29)/t15-/m0/s1. The summed E-state index contributed by atoms with van der Waals surface area (Å²) in [6, 6.07) is 5.08. The minimum Gasteiger partial charge on any atom is -0.492 e. The number of carbonyl (C=O) groups is 3. The first-order valence-corrected chi connectivity index (χ1v) is 11.3. The molecule has 1 fully saturated rings. The van der Waals surface area contributed by atoms with Crippen LogP contribution in [0.1, 0.15) is 42.5 Å². The van der Waals surface area contributed by atoms with Crippen LogP contribution in [0.5, 0.6) is 5.75 Å². The molecule has 11 heteroatoms.